The van der Waals surface area contributed by atoms with Crippen LogP contribution < -0.4 is 15.4 Å². The summed E-state index contributed by atoms with van der Waals surface area (Å²) in [4.78, 5) is 34.7. The van der Waals surface area contributed by atoms with E-state index in [4.69, 9.17) is 9.72 Å². The number of nitrogens with zero attached hydrogens (tertiary/aromatic N) is 2. The number of amides is 2. The van der Waals surface area contributed by atoms with E-state index in [-0.39, 0.29) is 11.8 Å². The van der Waals surface area contributed by atoms with Crippen LogP contribution in [0.3, 0.4) is 0 Å². The minimum atomic E-state index is -0.264. The Hall–Kier alpha value is -5.04. The Morgan fingerprint density at radius 1 is 0.750 bits per heavy atom. The normalized spacial score (nSPS) is 10.6. The zero-order valence-corrected chi connectivity index (χ0v) is 19.4. The van der Waals surface area contributed by atoms with E-state index in [9.17, 15) is 9.59 Å². The van der Waals surface area contributed by atoms with Crippen LogP contribution in [0.2, 0.25) is 0 Å². The van der Waals surface area contributed by atoms with Crippen molar-refractivity contribution in [3.63, 3.8) is 0 Å². The van der Waals surface area contributed by atoms with Crippen molar-refractivity contribution in [1.82, 2.24) is 9.97 Å². The number of hydrogen-bond donors (Lipinski definition) is 2. The van der Waals surface area contributed by atoms with Crippen LogP contribution in [0.5, 0.6) is 5.75 Å². The lowest BCUT2D eigenvalue weighted by molar-refractivity contribution is 0.102. The molecule has 2 N–H and O–H groups in total. The summed E-state index contributed by atoms with van der Waals surface area (Å²) in [6.07, 6.45) is 3.39. The molecule has 3 aromatic carbocycles. The van der Waals surface area contributed by atoms with E-state index in [0.717, 1.165) is 16.5 Å². The van der Waals surface area contributed by atoms with E-state index in [1.54, 1.807) is 74.1 Å². The number of aromatic nitrogens is 2. The van der Waals surface area contributed by atoms with Gasteiger partial charge in [0.25, 0.3) is 11.8 Å². The largest absolute Gasteiger partial charge is 0.497 e. The number of pyridine rings is 2. The second-order valence-electron chi connectivity index (χ2n) is 8.02. The molecule has 0 saturated heterocycles. The predicted molar refractivity (Wildman–Crippen MR) is 140 cm³/mol. The molecule has 0 radical (unpaired) electrons. The summed E-state index contributed by atoms with van der Waals surface area (Å²) >= 11 is 0. The first-order chi connectivity index (χ1) is 17.6. The quantitative estimate of drug-likeness (QED) is 0.324. The van der Waals surface area contributed by atoms with Crippen molar-refractivity contribution >= 4 is 34.1 Å². The molecule has 5 rings (SSSR count). The molecule has 0 fully saturated rings. The third kappa shape index (κ3) is 4.90. The number of methoxy groups -OCH3 is 1. The number of rotatable bonds is 6. The maximum Gasteiger partial charge on any atom is 0.256 e. The van der Waals surface area contributed by atoms with Gasteiger partial charge in [0.15, 0.2) is 0 Å². The number of hydrogen-bond acceptors (Lipinski definition) is 5. The summed E-state index contributed by atoms with van der Waals surface area (Å²) in [5.74, 6) is 0.197. The van der Waals surface area contributed by atoms with Crippen molar-refractivity contribution in [3.05, 3.63) is 115 Å². The first-order valence-electron chi connectivity index (χ1n) is 11.3. The highest BCUT2D eigenvalue weighted by Gasteiger charge is 2.15. The number of fused-ring (bicyclic) bond motifs is 1. The highest BCUT2D eigenvalue weighted by atomic mass is 16.5. The van der Waals surface area contributed by atoms with Crippen LogP contribution in [-0.4, -0.2) is 28.9 Å². The van der Waals surface area contributed by atoms with Crippen LogP contribution in [0.25, 0.3) is 22.2 Å². The molecule has 36 heavy (non-hydrogen) atoms. The molecule has 0 bridgehead atoms. The number of benzene rings is 3. The molecule has 0 aliphatic rings. The summed E-state index contributed by atoms with van der Waals surface area (Å²) in [6, 6.07) is 26.8. The van der Waals surface area contributed by atoms with Gasteiger partial charge in [0.05, 0.1) is 23.9 Å². The van der Waals surface area contributed by atoms with E-state index in [2.05, 4.69) is 15.6 Å². The van der Waals surface area contributed by atoms with Crippen LogP contribution >= 0.6 is 0 Å². The van der Waals surface area contributed by atoms with Crippen molar-refractivity contribution in [2.45, 2.75) is 0 Å². The number of anilines is 2. The van der Waals surface area contributed by atoms with Crippen molar-refractivity contribution in [2.75, 3.05) is 17.7 Å². The maximum absolute atomic E-state index is 13.3. The topological polar surface area (TPSA) is 93.2 Å². The first-order valence-corrected chi connectivity index (χ1v) is 11.3. The molecular weight excluding hydrogens is 452 g/mol. The SMILES string of the molecule is COc1ccc(NC(=O)c2ccc(NC(=O)c3cc(-c4ccncc4)nc4ccccc34)cc2)cc1. The molecule has 7 nitrogen and oxygen atoms in total. The van der Waals surface area contributed by atoms with Crippen LogP contribution in [0, 0.1) is 0 Å². The highest BCUT2D eigenvalue weighted by molar-refractivity contribution is 6.13. The Labute approximate surface area is 207 Å². The molecule has 0 spiro atoms. The number of carbonyl (C=O) groups excluding carboxylic acids is 2. The summed E-state index contributed by atoms with van der Waals surface area (Å²) in [7, 11) is 1.59. The van der Waals surface area contributed by atoms with E-state index in [1.165, 1.54) is 0 Å². The highest BCUT2D eigenvalue weighted by Crippen LogP contribution is 2.25. The molecule has 2 heterocycles. The van der Waals surface area contributed by atoms with Gasteiger partial charge in [0.2, 0.25) is 0 Å². The third-order valence-electron chi connectivity index (χ3n) is 5.69. The van der Waals surface area contributed by atoms with Crippen molar-refractivity contribution < 1.29 is 14.3 Å². The number of carbonyl (C=O) groups is 2. The van der Waals surface area contributed by atoms with Gasteiger partial charge in [-0.3, -0.25) is 14.6 Å². The molecular formula is C29H22N4O3. The molecule has 7 heteroatoms. The van der Waals surface area contributed by atoms with Gasteiger partial charge in [-0.1, -0.05) is 18.2 Å². The third-order valence-corrected chi connectivity index (χ3v) is 5.69. The molecule has 2 aromatic heterocycles. The van der Waals surface area contributed by atoms with Gasteiger partial charge in [-0.15, -0.1) is 0 Å². The monoisotopic (exact) mass is 474 g/mol. The zero-order chi connectivity index (χ0) is 24.9. The van der Waals surface area contributed by atoms with Gasteiger partial charge in [-0.25, -0.2) is 4.98 Å². The van der Waals surface area contributed by atoms with E-state index in [0.29, 0.717) is 33.9 Å². The predicted octanol–water partition coefficient (Wildman–Crippen LogP) is 5.81. The lowest BCUT2D eigenvalue weighted by atomic mass is 10.0. The van der Waals surface area contributed by atoms with Crippen LogP contribution in [0.15, 0.2) is 103 Å². The van der Waals surface area contributed by atoms with Gasteiger partial charge < -0.3 is 15.4 Å². The molecule has 176 valence electrons. The minimum absolute atomic E-state index is 0.250. The van der Waals surface area contributed by atoms with Gasteiger partial charge in [-0.2, -0.15) is 0 Å². The summed E-state index contributed by atoms with van der Waals surface area (Å²) in [5, 5.41) is 6.53. The summed E-state index contributed by atoms with van der Waals surface area (Å²) in [5.41, 5.74) is 4.50. The number of ether oxygens (including phenoxy) is 1. The van der Waals surface area contributed by atoms with Gasteiger partial charge in [0.1, 0.15) is 5.75 Å². The zero-order valence-electron chi connectivity index (χ0n) is 19.4. The fourth-order valence-corrected chi connectivity index (χ4v) is 3.81. The lowest BCUT2D eigenvalue weighted by Gasteiger charge is -2.11. The van der Waals surface area contributed by atoms with Crippen molar-refractivity contribution in [1.29, 1.82) is 0 Å². The fraction of sp³-hybridized carbons (Fsp3) is 0.0345. The standard InChI is InChI=1S/C29H22N4O3/c1-36-23-12-10-22(11-13-23)31-28(34)20-6-8-21(9-7-20)32-29(35)25-18-27(19-14-16-30-17-15-19)33-26-5-3-2-4-24(25)26/h2-18H,1H3,(H,31,34)(H,32,35). The molecule has 5 aromatic rings. The fourth-order valence-electron chi connectivity index (χ4n) is 3.81. The Bertz CT molecular complexity index is 1530. The number of nitrogens with one attached hydrogen (secondary N) is 2. The smallest absolute Gasteiger partial charge is 0.256 e. The molecule has 2 amide bonds. The van der Waals surface area contributed by atoms with Gasteiger partial charge >= 0.3 is 0 Å². The second kappa shape index (κ2) is 10.1. The molecule has 0 unspecified atom stereocenters. The Balaban J connectivity index is 1.35. The van der Waals surface area contributed by atoms with E-state index < -0.39 is 0 Å². The van der Waals surface area contributed by atoms with E-state index in [1.807, 2.05) is 36.4 Å². The average molecular weight is 475 g/mol. The lowest BCUT2D eigenvalue weighted by Crippen LogP contribution is -2.14. The second-order valence-corrected chi connectivity index (χ2v) is 8.02. The average Bonchev–Trinajstić information content (AvgIpc) is 2.93. The van der Waals surface area contributed by atoms with Crippen LogP contribution in [0.4, 0.5) is 11.4 Å². The molecule has 0 atom stereocenters. The van der Waals surface area contributed by atoms with Gasteiger partial charge in [-0.05, 0) is 72.8 Å². The molecule has 0 aliphatic carbocycles. The van der Waals surface area contributed by atoms with Crippen molar-refractivity contribution in [3.8, 4) is 17.0 Å². The Morgan fingerprint density at radius 2 is 1.39 bits per heavy atom. The first kappa shape index (κ1) is 22.7. The number of para-hydroxylation sites is 1. The molecule has 0 saturated carbocycles. The minimum Gasteiger partial charge on any atom is -0.497 e. The van der Waals surface area contributed by atoms with Crippen molar-refractivity contribution in [2.24, 2.45) is 0 Å². The van der Waals surface area contributed by atoms with Crippen LogP contribution in [0.1, 0.15) is 20.7 Å². The Kier molecular flexibility index (Phi) is 6.36. The summed E-state index contributed by atoms with van der Waals surface area (Å²) < 4.78 is 5.14. The van der Waals surface area contributed by atoms with Gasteiger partial charge in [0, 0.05) is 40.3 Å². The van der Waals surface area contributed by atoms with E-state index >= 15 is 0 Å². The summed E-state index contributed by atoms with van der Waals surface area (Å²) in [6.45, 7) is 0. The Morgan fingerprint density at radius 3 is 2.08 bits per heavy atom. The molecule has 0 aliphatic heterocycles. The maximum atomic E-state index is 13.3. The van der Waals surface area contributed by atoms with Crippen LogP contribution in [-0.2, 0) is 0 Å².